The SMILES string of the molecule is CCCC[Te+](CCCC)C1c2ccccc2-c2ccccc21. The van der Waals surface area contributed by atoms with Crippen LogP contribution in [0, 0.1) is 0 Å². The Morgan fingerprint density at radius 3 is 1.64 bits per heavy atom. The zero-order chi connectivity index (χ0) is 15.4. The maximum absolute atomic E-state index is 2.41. The third kappa shape index (κ3) is 3.12. The van der Waals surface area contributed by atoms with Crippen LogP contribution in [0.4, 0.5) is 0 Å². The minimum absolute atomic E-state index is 0.786. The van der Waals surface area contributed by atoms with Gasteiger partial charge in [0.15, 0.2) is 0 Å². The van der Waals surface area contributed by atoms with Gasteiger partial charge >= 0.3 is 143 Å². The molecule has 1 aliphatic carbocycles. The van der Waals surface area contributed by atoms with Crippen LogP contribution in [-0.4, -0.2) is 19.6 Å². The first-order chi connectivity index (χ1) is 10.9. The van der Waals surface area contributed by atoms with E-state index in [0.717, 1.165) is 3.97 Å². The van der Waals surface area contributed by atoms with Crippen LogP contribution < -0.4 is 0 Å². The van der Waals surface area contributed by atoms with Crippen molar-refractivity contribution in [3.8, 4) is 11.1 Å². The van der Waals surface area contributed by atoms with E-state index < -0.39 is 19.6 Å². The van der Waals surface area contributed by atoms with E-state index in [1.165, 1.54) is 45.7 Å². The minimum atomic E-state index is -1.15. The van der Waals surface area contributed by atoms with Crippen LogP contribution in [0.15, 0.2) is 48.5 Å². The molecule has 0 spiro atoms. The summed E-state index contributed by atoms with van der Waals surface area (Å²) in [7, 11) is 0. The second-order valence-corrected chi connectivity index (χ2v) is 13.0. The zero-order valence-electron chi connectivity index (χ0n) is 13.8. The van der Waals surface area contributed by atoms with Crippen LogP contribution in [0.2, 0.25) is 8.94 Å². The average Bonchev–Trinajstić information content (AvgIpc) is 2.90. The molecule has 0 amide bonds. The van der Waals surface area contributed by atoms with Crippen LogP contribution in [0.5, 0.6) is 0 Å². The number of rotatable bonds is 7. The molecule has 0 nitrogen and oxygen atoms in total. The summed E-state index contributed by atoms with van der Waals surface area (Å²) >= 11 is -1.15. The molecule has 2 aromatic rings. The fourth-order valence-corrected chi connectivity index (χ4v) is 12.4. The van der Waals surface area contributed by atoms with Crippen LogP contribution in [0.25, 0.3) is 11.1 Å². The molecule has 0 heterocycles. The Balaban J connectivity index is 1.99. The number of hydrogen-bond donors (Lipinski definition) is 0. The summed E-state index contributed by atoms with van der Waals surface area (Å²) in [6, 6.07) is 18.4. The summed E-state index contributed by atoms with van der Waals surface area (Å²) in [5, 5.41) is 0. The topological polar surface area (TPSA) is 0 Å². The van der Waals surface area contributed by atoms with Crippen molar-refractivity contribution in [2.75, 3.05) is 0 Å². The molecule has 0 unspecified atom stereocenters. The Morgan fingerprint density at radius 2 is 1.18 bits per heavy atom. The summed E-state index contributed by atoms with van der Waals surface area (Å²) in [6.07, 6.45) is 5.56. The van der Waals surface area contributed by atoms with Gasteiger partial charge in [-0.1, -0.05) is 0 Å². The Hall–Kier alpha value is -0.770. The van der Waals surface area contributed by atoms with Crippen molar-refractivity contribution in [3.05, 3.63) is 59.7 Å². The predicted octanol–water partition coefficient (Wildman–Crippen LogP) is 6.43. The summed E-state index contributed by atoms with van der Waals surface area (Å²) in [5.74, 6) is 0. The number of hydrogen-bond acceptors (Lipinski definition) is 0. The number of unbranched alkanes of at least 4 members (excludes halogenated alkanes) is 2. The molecule has 22 heavy (non-hydrogen) atoms. The van der Waals surface area contributed by atoms with Gasteiger partial charge in [-0.25, -0.2) is 0 Å². The summed E-state index contributed by atoms with van der Waals surface area (Å²) in [5.41, 5.74) is 6.32. The Labute approximate surface area is 142 Å². The molecule has 0 saturated heterocycles. The van der Waals surface area contributed by atoms with Gasteiger partial charge < -0.3 is 0 Å². The van der Waals surface area contributed by atoms with Gasteiger partial charge in [0, 0.05) is 0 Å². The van der Waals surface area contributed by atoms with Gasteiger partial charge in [0.05, 0.1) is 0 Å². The van der Waals surface area contributed by atoms with Gasteiger partial charge in [-0.3, -0.25) is 0 Å². The van der Waals surface area contributed by atoms with Crippen molar-refractivity contribution in [1.82, 2.24) is 0 Å². The molecular weight excluding hydrogens is 380 g/mol. The van der Waals surface area contributed by atoms with Gasteiger partial charge in [0.1, 0.15) is 0 Å². The van der Waals surface area contributed by atoms with Crippen LogP contribution in [0.3, 0.4) is 0 Å². The van der Waals surface area contributed by atoms with Crippen molar-refractivity contribution in [2.45, 2.75) is 52.4 Å². The van der Waals surface area contributed by atoms with E-state index in [1.807, 2.05) is 0 Å². The van der Waals surface area contributed by atoms with E-state index in [9.17, 15) is 0 Å². The van der Waals surface area contributed by atoms with E-state index in [1.54, 1.807) is 11.1 Å². The Morgan fingerprint density at radius 1 is 0.727 bits per heavy atom. The first kappa shape index (κ1) is 16.1. The summed E-state index contributed by atoms with van der Waals surface area (Å²) in [4.78, 5) is 0. The molecule has 116 valence electrons. The van der Waals surface area contributed by atoms with E-state index in [-0.39, 0.29) is 0 Å². The fourth-order valence-electron chi connectivity index (χ4n) is 3.47. The molecule has 2 aromatic carbocycles. The normalized spacial score (nSPS) is 13.4. The first-order valence-corrected chi connectivity index (χ1v) is 13.4. The molecule has 1 aliphatic rings. The third-order valence-electron chi connectivity index (χ3n) is 4.63. The van der Waals surface area contributed by atoms with Crippen molar-refractivity contribution >= 4 is 19.6 Å². The fraction of sp³-hybridized carbons (Fsp3) is 0.429. The molecule has 0 radical (unpaired) electrons. The van der Waals surface area contributed by atoms with E-state index >= 15 is 0 Å². The molecule has 0 atom stereocenters. The molecule has 0 fully saturated rings. The van der Waals surface area contributed by atoms with Gasteiger partial charge in [0.2, 0.25) is 0 Å². The molecule has 1 heteroatoms. The van der Waals surface area contributed by atoms with Crippen LogP contribution in [0.1, 0.15) is 54.6 Å². The molecule has 0 aliphatic heterocycles. The van der Waals surface area contributed by atoms with Gasteiger partial charge in [-0.15, -0.1) is 0 Å². The molecule has 0 bridgehead atoms. The van der Waals surface area contributed by atoms with Crippen molar-refractivity contribution in [1.29, 1.82) is 0 Å². The van der Waals surface area contributed by atoms with Crippen molar-refractivity contribution < 1.29 is 0 Å². The molecule has 0 aromatic heterocycles. The van der Waals surface area contributed by atoms with Crippen molar-refractivity contribution in [3.63, 3.8) is 0 Å². The number of benzene rings is 2. The van der Waals surface area contributed by atoms with Gasteiger partial charge in [-0.05, 0) is 0 Å². The molecule has 0 N–H and O–H groups in total. The van der Waals surface area contributed by atoms with E-state index in [2.05, 4.69) is 62.4 Å². The molecule has 3 rings (SSSR count). The van der Waals surface area contributed by atoms with E-state index in [4.69, 9.17) is 0 Å². The second kappa shape index (κ2) is 7.67. The molecular formula is C21H27Te+. The summed E-state index contributed by atoms with van der Waals surface area (Å²) < 4.78 is 3.86. The average molecular weight is 407 g/mol. The number of fused-ring (bicyclic) bond motifs is 3. The standard InChI is InChI=1S/C21H27Te/c1-3-5-15-22(16-6-4-2)21-19-13-9-7-11-17(19)18-12-8-10-14-20(18)21/h7-14,21H,3-6,15-16H2,1-2H3/q+1. The Bertz CT molecular complexity index is 563. The van der Waals surface area contributed by atoms with Crippen LogP contribution >= 0.6 is 0 Å². The third-order valence-corrected chi connectivity index (χ3v) is 12.6. The Kier molecular flexibility index (Phi) is 5.61. The quantitative estimate of drug-likeness (QED) is 0.464. The second-order valence-electron chi connectivity index (χ2n) is 6.21. The first-order valence-electron chi connectivity index (χ1n) is 8.71. The van der Waals surface area contributed by atoms with Crippen molar-refractivity contribution in [2.24, 2.45) is 0 Å². The van der Waals surface area contributed by atoms with Gasteiger partial charge in [0.25, 0.3) is 0 Å². The zero-order valence-corrected chi connectivity index (χ0v) is 16.2. The summed E-state index contributed by atoms with van der Waals surface area (Å²) in [6.45, 7) is 4.68. The molecule has 0 saturated carbocycles. The van der Waals surface area contributed by atoms with Crippen LogP contribution in [-0.2, 0) is 0 Å². The van der Waals surface area contributed by atoms with E-state index in [0.29, 0.717) is 0 Å². The van der Waals surface area contributed by atoms with Gasteiger partial charge in [-0.2, -0.15) is 0 Å². The predicted molar refractivity (Wildman–Crippen MR) is 98.9 cm³/mol. The maximum atomic E-state index is 2.41. The monoisotopic (exact) mass is 409 g/mol.